The predicted molar refractivity (Wildman–Crippen MR) is 77.6 cm³/mol. The van der Waals surface area contributed by atoms with Crippen molar-refractivity contribution in [1.82, 2.24) is 4.90 Å². The lowest BCUT2D eigenvalue weighted by Gasteiger charge is -2.29. The predicted octanol–water partition coefficient (Wildman–Crippen LogP) is 1.84. The monoisotopic (exact) mass is 277 g/mol. The van der Waals surface area contributed by atoms with Crippen LogP contribution in [0, 0.1) is 0 Å². The van der Waals surface area contributed by atoms with Crippen molar-refractivity contribution >= 4 is 5.91 Å². The third-order valence-corrected chi connectivity index (χ3v) is 4.14. The van der Waals surface area contributed by atoms with Crippen molar-refractivity contribution in [2.24, 2.45) is 0 Å². The van der Waals surface area contributed by atoms with Crippen molar-refractivity contribution in [1.29, 1.82) is 0 Å². The van der Waals surface area contributed by atoms with Gasteiger partial charge in [-0.1, -0.05) is 30.3 Å². The molecular formula is C16H23NO3. The van der Waals surface area contributed by atoms with Crippen LogP contribution >= 0.6 is 0 Å². The first-order chi connectivity index (χ1) is 9.50. The van der Waals surface area contributed by atoms with E-state index in [1.807, 2.05) is 49.1 Å². The highest BCUT2D eigenvalue weighted by atomic mass is 16.5. The number of carbonyl (C=O) groups is 1. The number of carbonyl (C=O) groups excluding carboxylic acids is 1. The zero-order chi connectivity index (χ0) is 14.8. The van der Waals surface area contributed by atoms with Crippen LogP contribution in [0.3, 0.4) is 0 Å². The average Bonchev–Trinajstić information content (AvgIpc) is 2.90. The van der Waals surface area contributed by atoms with Gasteiger partial charge < -0.3 is 14.4 Å². The van der Waals surface area contributed by atoms with Crippen molar-refractivity contribution in [3.05, 3.63) is 35.9 Å². The first-order valence-electron chi connectivity index (χ1n) is 6.91. The average molecular weight is 277 g/mol. The van der Waals surface area contributed by atoms with E-state index in [-0.39, 0.29) is 18.1 Å². The molecule has 4 heteroatoms. The van der Waals surface area contributed by atoms with Gasteiger partial charge in [0, 0.05) is 27.3 Å². The smallest absolute Gasteiger partial charge is 0.232 e. The lowest BCUT2D eigenvalue weighted by molar-refractivity contribution is -0.135. The second-order valence-corrected chi connectivity index (χ2v) is 5.75. The third kappa shape index (κ3) is 2.72. The third-order valence-electron chi connectivity index (χ3n) is 4.14. The lowest BCUT2D eigenvalue weighted by Crippen LogP contribution is -2.43. The van der Waals surface area contributed by atoms with Gasteiger partial charge in [0.15, 0.2) is 0 Å². The van der Waals surface area contributed by atoms with Crippen molar-refractivity contribution in [2.45, 2.75) is 31.5 Å². The molecule has 1 saturated heterocycles. The second kappa shape index (κ2) is 5.94. The van der Waals surface area contributed by atoms with E-state index in [0.717, 1.165) is 5.56 Å². The Bertz CT molecular complexity index is 446. The number of hydrogen-bond acceptors (Lipinski definition) is 3. The number of rotatable bonds is 4. The summed E-state index contributed by atoms with van der Waals surface area (Å²) < 4.78 is 10.8. The van der Waals surface area contributed by atoms with E-state index >= 15 is 0 Å². The van der Waals surface area contributed by atoms with Gasteiger partial charge in [-0.25, -0.2) is 0 Å². The highest BCUT2D eigenvalue weighted by molar-refractivity contribution is 5.87. The van der Waals surface area contributed by atoms with Crippen LogP contribution in [0.1, 0.15) is 19.4 Å². The zero-order valence-corrected chi connectivity index (χ0v) is 12.6. The van der Waals surface area contributed by atoms with Gasteiger partial charge in [-0.05, 0) is 19.4 Å². The molecule has 2 rings (SSSR count). The molecule has 0 unspecified atom stereocenters. The molecule has 1 aromatic rings. The molecule has 0 spiro atoms. The minimum Gasteiger partial charge on any atom is -0.377 e. The number of likely N-dealkylation sites (tertiary alicyclic amines) is 1. The van der Waals surface area contributed by atoms with Gasteiger partial charge in [0.1, 0.15) is 12.2 Å². The Morgan fingerprint density at radius 1 is 1.10 bits per heavy atom. The molecule has 2 atom stereocenters. The van der Waals surface area contributed by atoms with Crippen LogP contribution in [0.15, 0.2) is 30.3 Å². The zero-order valence-electron chi connectivity index (χ0n) is 12.6. The van der Waals surface area contributed by atoms with Gasteiger partial charge in [0.25, 0.3) is 0 Å². The molecule has 1 heterocycles. The lowest BCUT2D eigenvalue weighted by atomic mass is 9.83. The van der Waals surface area contributed by atoms with Gasteiger partial charge >= 0.3 is 0 Å². The molecule has 0 bridgehead atoms. The molecule has 20 heavy (non-hydrogen) atoms. The van der Waals surface area contributed by atoms with Crippen molar-refractivity contribution in [2.75, 3.05) is 27.3 Å². The number of nitrogens with zero attached hydrogens (tertiary/aromatic N) is 1. The van der Waals surface area contributed by atoms with Gasteiger partial charge in [0.2, 0.25) is 5.91 Å². The van der Waals surface area contributed by atoms with Crippen molar-refractivity contribution < 1.29 is 14.3 Å². The van der Waals surface area contributed by atoms with Crippen LogP contribution in [0.2, 0.25) is 0 Å². The van der Waals surface area contributed by atoms with Gasteiger partial charge in [-0.2, -0.15) is 0 Å². The Morgan fingerprint density at radius 2 is 1.60 bits per heavy atom. The van der Waals surface area contributed by atoms with Crippen LogP contribution in [0.25, 0.3) is 0 Å². The number of benzene rings is 1. The molecule has 1 fully saturated rings. The summed E-state index contributed by atoms with van der Waals surface area (Å²) >= 11 is 0. The molecule has 0 saturated carbocycles. The minimum atomic E-state index is -0.540. The molecule has 1 aromatic carbocycles. The Kier molecular flexibility index (Phi) is 4.45. The molecule has 0 N–H and O–H groups in total. The van der Waals surface area contributed by atoms with E-state index in [0.29, 0.717) is 13.1 Å². The van der Waals surface area contributed by atoms with E-state index in [1.54, 1.807) is 14.2 Å². The van der Waals surface area contributed by atoms with E-state index < -0.39 is 5.41 Å². The topological polar surface area (TPSA) is 38.8 Å². The fraction of sp³-hybridized carbons (Fsp3) is 0.562. The molecule has 1 aliphatic rings. The summed E-state index contributed by atoms with van der Waals surface area (Å²) in [5.74, 6) is 0.116. The first kappa shape index (κ1) is 15.0. The van der Waals surface area contributed by atoms with Gasteiger partial charge in [0.05, 0.1) is 5.41 Å². The van der Waals surface area contributed by atoms with Crippen LogP contribution in [0.5, 0.6) is 0 Å². The molecule has 4 nitrogen and oxygen atoms in total. The summed E-state index contributed by atoms with van der Waals surface area (Å²) in [4.78, 5) is 14.6. The molecule has 1 aliphatic heterocycles. The summed E-state index contributed by atoms with van der Waals surface area (Å²) in [7, 11) is 3.32. The van der Waals surface area contributed by atoms with E-state index in [2.05, 4.69) is 0 Å². The van der Waals surface area contributed by atoms with Crippen LogP contribution in [-0.4, -0.2) is 50.3 Å². The Hall–Kier alpha value is -1.39. The number of hydrogen-bond donors (Lipinski definition) is 0. The Morgan fingerprint density at radius 3 is 2.05 bits per heavy atom. The fourth-order valence-electron chi connectivity index (χ4n) is 2.74. The molecule has 1 amide bonds. The first-order valence-corrected chi connectivity index (χ1v) is 6.91. The molecular weight excluding hydrogens is 254 g/mol. The second-order valence-electron chi connectivity index (χ2n) is 5.75. The van der Waals surface area contributed by atoms with Gasteiger partial charge in [-0.15, -0.1) is 0 Å². The van der Waals surface area contributed by atoms with E-state index in [4.69, 9.17) is 9.47 Å². The summed E-state index contributed by atoms with van der Waals surface area (Å²) in [5.41, 5.74) is 0.488. The summed E-state index contributed by atoms with van der Waals surface area (Å²) in [6.45, 7) is 5.10. The SMILES string of the molecule is CO[C@H]1CN(C(=O)C(C)(C)c2ccccc2)C[C@H]1OC. The summed E-state index contributed by atoms with van der Waals surface area (Å²) in [6, 6.07) is 9.88. The maximum Gasteiger partial charge on any atom is 0.232 e. The molecule has 0 aliphatic carbocycles. The maximum absolute atomic E-state index is 12.8. The summed E-state index contributed by atoms with van der Waals surface area (Å²) in [6.07, 6.45) is -0.0916. The Labute approximate surface area is 120 Å². The standard InChI is InChI=1S/C16H23NO3/c1-16(2,12-8-6-5-7-9-12)15(18)17-10-13(19-3)14(11-17)20-4/h5-9,13-14H,10-11H2,1-4H3/t13-,14+. The highest BCUT2D eigenvalue weighted by Crippen LogP contribution is 2.28. The van der Waals surface area contributed by atoms with E-state index in [9.17, 15) is 4.79 Å². The Balaban J connectivity index is 2.16. The molecule has 110 valence electrons. The quantitative estimate of drug-likeness (QED) is 0.843. The highest BCUT2D eigenvalue weighted by Gasteiger charge is 2.41. The van der Waals surface area contributed by atoms with Gasteiger partial charge in [-0.3, -0.25) is 4.79 Å². The molecule has 0 radical (unpaired) electrons. The van der Waals surface area contributed by atoms with Crippen LogP contribution < -0.4 is 0 Å². The number of amides is 1. The van der Waals surface area contributed by atoms with Crippen LogP contribution in [0.4, 0.5) is 0 Å². The summed E-state index contributed by atoms with van der Waals surface area (Å²) in [5, 5.41) is 0. The normalized spacial score (nSPS) is 23.1. The van der Waals surface area contributed by atoms with Crippen molar-refractivity contribution in [3.63, 3.8) is 0 Å². The maximum atomic E-state index is 12.8. The molecule has 0 aromatic heterocycles. The minimum absolute atomic E-state index is 0.0458. The van der Waals surface area contributed by atoms with Crippen molar-refractivity contribution in [3.8, 4) is 0 Å². The number of ether oxygens (including phenoxy) is 2. The largest absolute Gasteiger partial charge is 0.377 e. The van der Waals surface area contributed by atoms with Crippen LogP contribution in [-0.2, 0) is 19.7 Å². The number of methoxy groups -OCH3 is 2. The fourth-order valence-corrected chi connectivity index (χ4v) is 2.74. The van der Waals surface area contributed by atoms with E-state index in [1.165, 1.54) is 0 Å².